The Hall–Kier alpha value is -2.15. The van der Waals surface area contributed by atoms with Crippen molar-refractivity contribution in [3.8, 4) is 0 Å². The maximum Gasteiger partial charge on any atom is 0.317 e. The molecule has 120 valence electrons. The molecule has 0 saturated carbocycles. The molecule has 0 radical (unpaired) electrons. The quantitative estimate of drug-likeness (QED) is 0.748. The van der Waals surface area contributed by atoms with Crippen LogP contribution in [-0.4, -0.2) is 55.0 Å². The van der Waals surface area contributed by atoms with Gasteiger partial charge in [-0.15, -0.1) is 0 Å². The van der Waals surface area contributed by atoms with Crippen LogP contribution in [0.5, 0.6) is 0 Å². The first-order valence-corrected chi connectivity index (χ1v) is 7.48. The Labute approximate surface area is 130 Å². The normalized spacial score (nSPS) is 15.2. The van der Waals surface area contributed by atoms with E-state index < -0.39 is 0 Å². The molecule has 3 N–H and O–H groups in total. The van der Waals surface area contributed by atoms with Gasteiger partial charge in [-0.1, -0.05) is 0 Å². The maximum atomic E-state index is 12.3. The predicted molar refractivity (Wildman–Crippen MR) is 83.5 cm³/mol. The summed E-state index contributed by atoms with van der Waals surface area (Å²) in [6, 6.07) is 3.44. The summed E-state index contributed by atoms with van der Waals surface area (Å²) >= 11 is 0. The Bertz CT molecular complexity index is 526. The number of urea groups is 1. The molecule has 22 heavy (non-hydrogen) atoms. The molecule has 0 bridgehead atoms. The number of hydrogen-bond donors (Lipinski definition) is 3. The van der Waals surface area contributed by atoms with Gasteiger partial charge in [-0.3, -0.25) is 9.78 Å². The third kappa shape index (κ3) is 4.70. The predicted octanol–water partition coefficient (Wildman–Crippen LogP) is 0.335. The van der Waals surface area contributed by atoms with E-state index in [4.69, 9.17) is 0 Å². The molecular weight excluding hydrogens is 282 g/mol. The fraction of sp³-hybridized carbons (Fsp3) is 0.533. The van der Waals surface area contributed by atoms with Gasteiger partial charge in [-0.2, -0.15) is 0 Å². The smallest absolute Gasteiger partial charge is 0.317 e. The van der Waals surface area contributed by atoms with E-state index in [1.54, 1.807) is 32.4 Å². The molecule has 0 unspecified atom stereocenters. The van der Waals surface area contributed by atoms with Crippen LogP contribution in [0.3, 0.4) is 0 Å². The summed E-state index contributed by atoms with van der Waals surface area (Å²) in [5, 5.41) is 9.04. The second-order valence-corrected chi connectivity index (χ2v) is 5.59. The summed E-state index contributed by atoms with van der Waals surface area (Å²) in [4.78, 5) is 29.4. The molecule has 0 atom stereocenters. The Morgan fingerprint density at radius 1 is 1.36 bits per heavy atom. The van der Waals surface area contributed by atoms with Gasteiger partial charge >= 0.3 is 6.03 Å². The van der Waals surface area contributed by atoms with Crippen LogP contribution in [0.2, 0.25) is 0 Å². The largest absolute Gasteiger partial charge is 0.349 e. The highest BCUT2D eigenvalue weighted by molar-refractivity contribution is 5.94. The molecule has 1 fully saturated rings. The van der Waals surface area contributed by atoms with E-state index in [1.165, 1.54) is 4.90 Å². The highest BCUT2D eigenvalue weighted by Crippen LogP contribution is 2.06. The number of aromatic nitrogens is 1. The van der Waals surface area contributed by atoms with Crippen molar-refractivity contribution in [2.24, 2.45) is 0 Å². The van der Waals surface area contributed by atoms with Gasteiger partial charge in [0.1, 0.15) is 0 Å². The van der Waals surface area contributed by atoms with Crippen LogP contribution >= 0.6 is 0 Å². The molecule has 1 aliphatic heterocycles. The minimum atomic E-state index is -0.189. The van der Waals surface area contributed by atoms with Crippen molar-refractivity contribution in [2.45, 2.75) is 25.4 Å². The first kappa shape index (κ1) is 16.2. The number of carbonyl (C=O) groups excluding carboxylic acids is 2. The lowest BCUT2D eigenvalue weighted by molar-refractivity contribution is 0.0929. The van der Waals surface area contributed by atoms with Gasteiger partial charge in [0.2, 0.25) is 0 Å². The lowest BCUT2D eigenvalue weighted by Gasteiger charge is -2.23. The highest BCUT2D eigenvalue weighted by atomic mass is 16.2. The zero-order valence-electron chi connectivity index (χ0n) is 13.1. The zero-order valence-corrected chi connectivity index (χ0v) is 13.1. The van der Waals surface area contributed by atoms with E-state index in [1.807, 2.05) is 0 Å². The van der Waals surface area contributed by atoms with Crippen molar-refractivity contribution < 1.29 is 9.59 Å². The number of carbonyl (C=O) groups is 2. The first-order valence-electron chi connectivity index (χ1n) is 7.48. The van der Waals surface area contributed by atoms with Crippen LogP contribution in [0.25, 0.3) is 0 Å². The Balaban J connectivity index is 1.92. The van der Waals surface area contributed by atoms with E-state index in [9.17, 15) is 9.59 Å². The molecule has 7 nitrogen and oxygen atoms in total. The molecule has 7 heteroatoms. The molecule has 2 heterocycles. The molecule has 3 amide bonds. The van der Waals surface area contributed by atoms with Crippen LogP contribution in [0.1, 0.15) is 28.9 Å². The molecule has 1 aromatic rings. The van der Waals surface area contributed by atoms with Gasteiger partial charge in [0.05, 0.1) is 12.2 Å². The second kappa shape index (κ2) is 7.74. The van der Waals surface area contributed by atoms with Crippen molar-refractivity contribution in [1.29, 1.82) is 0 Å². The van der Waals surface area contributed by atoms with Crippen molar-refractivity contribution in [2.75, 3.05) is 27.2 Å². The number of amides is 3. The van der Waals surface area contributed by atoms with Crippen LogP contribution in [0.4, 0.5) is 4.79 Å². The molecular formula is C15H23N5O2. The summed E-state index contributed by atoms with van der Waals surface area (Å²) in [6.45, 7) is 2.16. The summed E-state index contributed by atoms with van der Waals surface area (Å²) in [5.74, 6) is -0.0884. The molecule has 0 aliphatic carbocycles. The van der Waals surface area contributed by atoms with Gasteiger partial charge < -0.3 is 20.9 Å². The first-order chi connectivity index (χ1) is 10.6. The van der Waals surface area contributed by atoms with E-state index in [0.717, 1.165) is 25.9 Å². The monoisotopic (exact) mass is 305 g/mol. The van der Waals surface area contributed by atoms with Gasteiger partial charge in [-0.25, -0.2) is 4.79 Å². The van der Waals surface area contributed by atoms with E-state index >= 15 is 0 Å². The van der Waals surface area contributed by atoms with Crippen molar-refractivity contribution in [1.82, 2.24) is 25.8 Å². The number of rotatable bonds is 4. The Morgan fingerprint density at radius 3 is 2.77 bits per heavy atom. The second-order valence-electron chi connectivity index (χ2n) is 5.59. The minimum Gasteiger partial charge on any atom is -0.349 e. The summed E-state index contributed by atoms with van der Waals surface area (Å²) < 4.78 is 0. The summed E-state index contributed by atoms with van der Waals surface area (Å²) in [7, 11) is 3.34. The number of hydrogen-bond acceptors (Lipinski definition) is 4. The zero-order chi connectivity index (χ0) is 15.9. The third-order valence-electron chi connectivity index (χ3n) is 3.58. The fourth-order valence-corrected chi connectivity index (χ4v) is 2.28. The summed E-state index contributed by atoms with van der Waals surface area (Å²) in [6.07, 6.45) is 3.49. The van der Waals surface area contributed by atoms with Crippen molar-refractivity contribution in [3.05, 3.63) is 29.6 Å². The average Bonchev–Trinajstić information content (AvgIpc) is 2.53. The molecule has 2 rings (SSSR count). The standard InChI is InChI=1S/C15H23N5O2/c1-20(2)15(22)18-10-13-9-11(3-8-17-13)14(21)19-12-4-6-16-7-5-12/h3,8-9,12,16H,4-7,10H2,1-2H3,(H,18,22)(H,19,21). The number of pyridine rings is 1. The van der Waals surface area contributed by atoms with E-state index in [-0.39, 0.29) is 18.0 Å². The van der Waals surface area contributed by atoms with Crippen molar-refractivity contribution in [3.63, 3.8) is 0 Å². The molecule has 0 aromatic carbocycles. The topological polar surface area (TPSA) is 86.4 Å². The maximum absolute atomic E-state index is 12.3. The lowest BCUT2D eigenvalue weighted by Crippen LogP contribution is -2.42. The van der Waals surface area contributed by atoms with E-state index in [0.29, 0.717) is 17.8 Å². The number of piperidine rings is 1. The van der Waals surface area contributed by atoms with E-state index in [2.05, 4.69) is 20.9 Å². The third-order valence-corrected chi connectivity index (χ3v) is 3.58. The SMILES string of the molecule is CN(C)C(=O)NCc1cc(C(=O)NC2CCNCC2)ccn1. The minimum absolute atomic E-state index is 0.0884. The Morgan fingerprint density at radius 2 is 2.09 bits per heavy atom. The van der Waals surface area contributed by atoms with Crippen LogP contribution in [0, 0.1) is 0 Å². The highest BCUT2D eigenvalue weighted by Gasteiger charge is 2.16. The van der Waals surface area contributed by atoms with Crippen molar-refractivity contribution >= 4 is 11.9 Å². The summed E-state index contributed by atoms with van der Waals surface area (Å²) in [5.41, 5.74) is 1.23. The van der Waals surface area contributed by atoms with Crippen LogP contribution in [0.15, 0.2) is 18.3 Å². The lowest BCUT2D eigenvalue weighted by atomic mass is 10.1. The van der Waals surface area contributed by atoms with Gasteiger partial charge in [-0.05, 0) is 38.1 Å². The molecule has 0 spiro atoms. The molecule has 1 saturated heterocycles. The van der Waals surface area contributed by atoms with Crippen LogP contribution < -0.4 is 16.0 Å². The van der Waals surface area contributed by atoms with Gasteiger partial charge in [0.15, 0.2) is 0 Å². The Kier molecular flexibility index (Phi) is 5.71. The fourth-order valence-electron chi connectivity index (χ4n) is 2.28. The number of nitrogens with one attached hydrogen (secondary N) is 3. The van der Waals surface area contributed by atoms with Gasteiger partial charge in [0, 0.05) is 31.9 Å². The number of nitrogens with zero attached hydrogens (tertiary/aromatic N) is 2. The van der Waals surface area contributed by atoms with Crippen LogP contribution in [-0.2, 0) is 6.54 Å². The van der Waals surface area contributed by atoms with Gasteiger partial charge in [0.25, 0.3) is 5.91 Å². The average molecular weight is 305 g/mol. The molecule has 1 aromatic heterocycles. The molecule has 1 aliphatic rings.